The van der Waals surface area contributed by atoms with Crippen LogP contribution < -0.4 is 0 Å². The van der Waals surface area contributed by atoms with Crippen LogP contribution in [0.15, 0.2) is 195 Å². The van der Waals surface area contributed by atoms with Crippen molar-refractivity contribution in [3.8, 4) is 5.69 Å². The first-order valence-corrected chi connectivity index (χ1v) is 22.4. The first-order chi connectivity index (χ1) is 31.2. The molecule has 6 heteroatoms. The number of thiophene rings is 1. The highest BCUT2D eigenvalue weighted by Gasteiger charge is 2.40. The summed E-state index contributed by atoms with van der Waals surface area (Å²) in [7, 11) is 0. The Hall–Kier alpha value is -7.80. The van der Waals surface area contributed by atoms with Gasteiger partial charge in [-0.3, -0.25) is 4.99 Å². The van der Waals surface area contributed by atoms with Crippen LogP contribution in [0.5, 0.6) is 0 Å². The normalized spacial score (nSPS) is 16.4. The molecule has 6 heterocycles. The Morgan fingerprint density at radius 3 is 2.02 bits per heavy atom. The molecule has 294 valence electrons. The Labute approximate surface area is 363 Å². The van der Waals surface area contributed by atoms with Crippen molar-refractivity contribution in [2.45, 2.75) is 12.5 Å². The van der Waals surface area contributed by atoms with Gasteiger partial charge in [0.25, 0.3) is 0 Å². The molecule has 9 aromatic carbocycles. The van der Waals surface area contributed by atoms with Gasteiger partial charge < -0.3 is 13.4 Å². The molecule has 0 fully saturated rings. The van der Waals surface area contributed by atoms with Gasteiger partial charge in [-0.05, 0) is 77.4 Å². The number of aliphatic imine (C=N–C) groups is 2. The van der Waals surface area contributed by atoms with Gasteiger partial charge in [-0.1, -0.05) is 121 Å². The smallest absolute Gasteiger partial charge is 0.156 e. The molecule has 5 nitrogen and oxygen atoms in total. The third kappa shape index (κ3) is 4.60. The molecular weight excluding hydrogens is 791 g/mol. The summed E-state index contributed by atoms with van der Waals surface area (Å²) in [5.41, 5.74) is 12.5. The van der Waals surface area contributed by atoms with Crippen LogP contribution >= 0.6 is 11.3 Å². The number of amidine groups is 1. The maximum Gasteiger partial charge on any atom is 0.156 e. The Morgan fingerprint density at radius 1 is 0.508 bits per heavy atom. The minimum absolute atomic E-state index is 0.132. The van der Waals surface area contributed by atoms with Crippen molar-refractivity contribution < 1.29 is 8.83 Å². The molecule has 0 saturated heterocycles. The lowest BCUT2D eigenvalue weighted by Crippen LogP contribution is -2.32. The monoisotopic (exact) mass is 823 g/mol. The fourth-order valence-corrected chi connectivity index (χ4v) is 12.3. The lowest BCUT2D eigenvalue weighted by molar-refractivity contribution is 0.544. The zero-order valence-electron chi connectivity index (χ0n) is 33.7. The number of rotatable bonds is 2. The minimum atomic E-state index is -0.345. The van der Waals surface area contributed by atoms with Gasteiger partial charge in [0.2, 0.25) is 0 Å². The van der Waals surface area contributed by atoms with E-state index in [1.807, 2.05) is 23.5 Å². The molecule has 0 N–H and O–H groups in total. The summed E-state index contributed by atoms with van der Waals surface area (Å²) in [6, 6.07) is 63.1. The maximum atomic E-state index is 6.75. The lowest BCUT2D eigenvalue weighted by Gasteiger charge is -2.34. The molecule has 15 rings (SSSR count). The van der Waals surface area contributed by atoms with Crippen molar-refractivity contribution in [2.24, 2.45) is 15.9 Å². The average Bonchev–Trinajstić information content (AvgIpc) is 4.09. The van der Waals surface area contributed by atoms with E-state index in [1.165, 1.54) is 58.3 Å². The third-order valence-corrected chi connectivity index (χ3v) is 15.0. The molecule has 13 aromatic rings. The van der Waals surface area contributed by atoms with Crippen LogP contribution in [0.25, 0.3) is 102 Å². The average molecular weight is 824 g/mol. The first-order valence-electron chi connectivity index (χ1n) is 21.6. The topological polar surface area (TPSA) is 55.9 Å². The number of hydrogen-bond donors (Lipinski definition) is 0. The Kier molecular flexibility index (Phi) is 6.67. The summed E-state index contributed by atoms with van der Waals surface area (Å²) in [4.78, 5) is 11.8. The number of aromatic nitrogens is 1. The van der Waals surface area contributed by atoms with E-state index in [0.29, 0.717) is 5.84 Å². The lowest BCUT2D eigenvalue weighted by atomic mass is 9.77. The fraction of sp³-hybridized carbons (Fsp3) is 0.0526. The summed E-state index contributed by atoms with van der Waals surface area (Å²) in [5.74, 6) is 0.575. The Bertz CT molecular complexity index is 4210. The van der Waals surface area contributed by atoms with Gasteiger partial charge in [0, 0.05) is 75.1 Å². The van der Waals surface area contributed by atoms with Gasteiger partial charge in [-0.25, -0.2) is 4.99 Å². The van der Waals surface area contributed by atoms with Crippen LogP contribution in [0, 0.1) is 5.92 Å². The zero-order chi connectivity index (χ0) is 40.9. The fourth-order valence-electron chi connectivity index (χ4n) is 11.2. The predicted molar refractivity (Wildman–Crippen MR) is 262 cm³/mol. The van der Waals surface area contributed by atoms with Gasteiger partial charge in [0.05, 0.1) is 28.5 Å². The first kappa shape index (κ1) is 33.9. The number of nitrogens with zero attached hydrogens (tertiary/aromatic N) is 3. The molecule has 2 aliphatic rings. The minimum Gasteiger partial charge on any atom is -0.456 e. The van der Waals surface area contributed by atoms with Gasteiger partial charge in [-0.15, -0.1) is 11.3 Å². The van der Waals surface area contributed by atoms with E-state index in [9.17, 15) is 0 Å². The summed E-state index contributed by atoms with van der Waals surface area (Å²) in [5, 5.41) is 11.7. The second-order valence-electron chi connectivity index (χ2n) is 17.1. The zero-order valence-corrected chi connectivity index (χ0v) is 34.5. The van der Waals surface area contributed by atoms with Crippen molar-refractivity contribution in [2.75, 3.05) is 0 Å². The number of furan rings is 2. The second kappa shape index (κ2) is 12.4. The van der Waals surface area contributed by atoms with E-state index in [0.717, 1.165) is 78.4 Å². The van der Waals surface area contributed by atoms with Crippen LogP contribution in [0.1, 0.15) is 28.3 Å². The number of fused-ring (bicyclic) bond motifs is 18. The summed E-state index contributed by atoms with van der Waals surface area (Å²) in [6.45, 7) is 0. The van der Waals surface area contributed by atoms with Crippen LogP contribution in [-0.2, 0) is 6.42 Å². The van der Waals surface area contributed by atoms with Crippen molar-refractivity contribution in [3.05, 3.63) is 198 Å². The van der Waals surface area contributed by atoms with E-state index in [1.54, 1.807) is 0 Å². The van der Waals surface area contributed by atoms with Crippen molar-refractivity contribution >= 4 is 120 Å². The Balaban J connectivity index is 1.13. The van der Waals surface area contributed by atoms with Crippen molar-refractivity contribution in [1.82, 2.24) is 4.57 Å². The molecule has 0 saturated carbocycles. The molecule has 0 aliphatic carbocycles. The second-order valence-corrected chi connectivity index (χ2v) is 18.2. The van der Waals surface area contributed by atoms with Crippen LogP contribution in [0.4, 0.5) is 0 Å². The van der Waals surface area contributed by atoms with E-state index >= 15 is 0 Å². The molecule has 63 heavy (non-hydrogen) atoms. The molecule has 1 unspecified atom stereocenters. The summed E-state index contributed by atoms with van der Waals surface area (Å²) < 4.78 is 18.3. The van der Waals surface area contributed by atoms with Gasteiger partial charge in [0.15, 0.2) is 5.84 Å². The van der Waals surface area contributed by atoms with Gasteiger partial charge >= 0.3 is 0 Å². The van der Waals surface area contributed by atoms with Gasteiger partial charge in [-0.2, -0.15) is 0 Å². The summed E-state index contributed by atoms with van der Waals surface area (Å²) >= 11 is 1.85. The highest BCUT2D eigenvalue weighted by molar-refractivity contribution is 7.25. The highest BCUT2D eigenvalue weighted by Crippen LogP contribution is 2.50. The molecule has 2 atom stereocenters. The molecule has 2 aliphatic heterocycles. The van der Waals surface area contributed by atoms with Gasteiger partial charge in [0.1, 0.15) is 22.3 Å². The molecule has 0 bridgehead atoms. The number of para-hydroxylation sites is 3. The molecule has 0 radical (unpaired) electrons. The van der Waals surface area contributed by atoms with Crippen molar-refractivity contribution in [1.29, 1.82) is 0 Å². The SMILES string of the molecule is c1ccc2cc3c(cc2c1)c1cccc2c1n3-c1ccc3oc4ccccc4c3c1C1N=C(c3cccc4oc5ccccc5c34)N=C(c3cccc4sc5ccccc5c34)[C@H]1C2. The highest BCUT2D eigenvalue weighted by atomic mass is 32.1. The molecule has 0 amide bonds. The van der Waals surface area contributed by atoms with Crippen LogP contribution in [0.3, 0.4) is 0 Å². The van der Waals surface area contributed by atoms with E-state index < -0.39 is 0 Å². The standard InChI is InChI=1S/C57H33N3O2S/c1-2-13-32-30-43-40(28-31(32)12-1)34-18-9-14-33-29-41-54(38-19-11-25-49-51(38)37-17-5-8-24-48(37)63-49)58-57(39-20-10-23-46-50(39)35-15-3-6-21-44(35)61-46)59-55(41)53-42(60(43)56(33)34)26-27-47-52(53)36-16-4-7-22-45(36)62-47/h1-28,30,41,55H,29H2/t41-,55?/m1/s1. The largest absolute Gasteiger partial charge is 0.456 e. The quantitative estimate of drug-likeness (QED) is 0.174. The van der Waals surface area contributed by atoms with Crippen molar-refractivity contribution in [3.63, 3.8) is 0 Å². The maximum absolute atomic E-state index is 6.75. The summed E-state index contributed by atoms with van der Waals surface area (Å²) in [6.07, 6.45) is 0.733. The third-order valence-electron chi connectivity index (χ3n) is 13.8. The number of benzene rings is 9. The number of hydrogen-bond acceptors (Lipinski definition) is 5. The molecular formula is C57H33N3O2S. The van der Waals surface area contributed by atoms with Crippen LogP contribution in [-0.4, -0.2) is 16.1 Å². The van der Waals surface area contributed by atoms with E-state index in [4.69, 9.17) is 18.8 Å². The van der Waals surface area contributed by atoms with Crippen LogP contribution in [0.2, 0.25) is 0 Å². The van der Waals surface area contributed by atoms with E-state index in [-0.39, 0.29) is 12.0 Å². The molecule has 0 spiro atoms. The molecule has 4 aromatic heterocycles. The van der Waals surface area contributed by atoms with E-state index in [2.05, 4.69) is 168 Å². The predicted octanol–water partition coefficient (Wildman–Crippen LogP) is 15.3. The Morgan fingerprint density at radius 2 is 1.16 bits per heavy atom.